The number of nitrogens with zero attached hydrogens (tertiary/aromatic N) is 3. The highest BCUT2D eigenvalue weighted by molar-refractivity contribution is 9.10. The molecule has 0 unspecified atom stereocenters. The first kappa shape index (κ1) is 13.1. The molecule has 0 saturated carbocycles. The van der Waals surface area contributed by atoms with Gasteiger partial charge in [-0.05, 0) is 30.3 Å². The predicted octanol–water partition coefficient (Wildman–Crippen LogP) is 4.03. The minimum Gasteiger partial charge on any atom is -0.444 e. The lowest BCUT2D eigenvalue weighted by atomic mass is 10.1. The molecule has 0 spiro atoms. The summed E-state index contributed by atoms with van der Waals surface area (Å²) in [4.78, 5) is 8.36. The van der Waals surface area contributed by atoms with Crippen LogP contribution >= 0.6 is 15.9 Å². The number of rotatable bonds is 2. The lowest BCUT2D eigenvalue weighted by Crippen LogP contribution is -2.00. The van der Waals surface area contributed by atoms with E-state index in [4.69, 9.17) is 10.2 Å². The van der Waals surface area contributed by atoms with Crippen molar-refractivity contribution >= 4 is 32.9 Å². The smallest absolute Gasteiger partial charge is 0.205 e. The average molecular weight is 355 g/mol. The molecule has 2 aromatic heterocycles. The van der Waals surface area contributed by atoms with Crippen LogP contribution in [0.25, 0.3) is 28.0 Å². The second-order valence-corrected chi connectivity index (χ2v) is 5.77. The Morgan fingerprint density at radius 1 is 1.14 bits per heavy atom. The van der Waals surface area contributed by atoms with Gasteiger partial charge in [-0.3, -0.25) is 4.57 Å². The van der Waals surface area contributed by atoms with Gasteiger partial charge in [0.25, 0.3) is 0 Å². The summed E-state index contributed by atoms with van der Waals surface area (Å²) in [6.07, 6.45) is 3.10. The van der Waals surface area contributed by atoms with Crippen LogP contribution in [0.2, 0.25) is 0 Å². The Morgan fingerprint density at radius 2 is 2.05 bits per heavy atom. The summed E-state index contributed by atoms with van der Waals surface area (Å²) in [5.41, 5.74) is 9.76. The van der Waals surface area contributed by atoms with Gasteiger partial charge in [0, 0.05) is 15.7 Å². The van der Waals surface area contributed by atoms with E-state index in [1.54, 1.807) is 6.20 Å². The maximum absolute atomic E-state index is 6.10. The molecule has 4 aromatic rings. The average Bonchev–Trinajstić information content (AvgIpc) is 3.14. The van der Waals surface area contributed by atoms with Crippen LogP contribution in [-0.4, -0.2) is 14.5 Å². The molecule has 0 radical (unpaired) electrons. The van der Waals surface area contributed by atoms with E-state index < -0.39 is 0 Å². The van der Waals surface area contributed by atoms with Crippen LogP contribution in [0.1, 0.15) is 0 Å². The highest BCUT2D eigenvalue weighted by Crippen LogP contribution is 2.28. The van der Waals surface area contributed by atoms with Crippen molar-refractivity contribution in [1.29, 1.82) is 0 Å². The van der Waals surface area contributed by atoms with Crippen LogP contribution in [0.3, 0.4) is 0 Å². The Balaban J connectivity index is 1.94. The zero-order chi connectivity index (χ0) is 15.1. The number of benzene rings is 2. The van der Waals surface area contributed by atoms with E-state index in [-0.39, 0.29) is 0 Å². The van der Waals surface area contributed by atoms with E-state index in [0.29, 0.717) is 11.7 Å². The minimum absolute atomic E-state index is 0.447. The van der Waals surface area contributed by atoms with Crippen molar-refractivity contribution in [1.82, 2.24) is 14.5 Å². The molecule has 108 valence electrons. The normalized spacial score (nSPS) is 11.1. The van der Waals surface area contributed by atoms with Gasteiger partial charge in [0.2, 0.25) is 5.95 Å². The molecule has 2 aromatic carbocycles. The molecule has 4 rings (SSSR count). The van der Waals surface area contributed by atoms with E-state index in [1.807, 2.05) is 47.0 Å². The van der Waals surface area contributed by atoms with Crippen molar-refractivity contribution in [2.75, 3.05) is 5.73 Å². The Bertz CT molecular complexity index is 960. The van der Waals surface area contributed by atoms with Gasteiger partial charge >= 0.3 is 0 Å². The predicted molar refractivity (Wildman–Crippen MR) is 88.7 cm³/mol. The summed E-state index contributed by atoms with van der Waals surface area (Å²) < 4.78 is 8.25. The van der Waals surface area contributed by atoms with Crippen LogP contribution < -0.4 is 5.73 Å². The number of hydrogen-bond donors (Lipinski definition) is 1. The molecule has 0 aliphatic heterocycles. The van der Waals surface area contributed by atoms with Crippen molar-refractivity contribution in [2.45, 2.75) is 0 Å². The first-order chi connectivity index (χ1) is 10.7. The topological polar surface area (TPSA) is 69.9 Å². The molecule has 22 heavy (non-hydrogen) atoms. The number of hydrogen-bond acceptors (Lipinski definition) is 4. The number of halogens is 1. The van der Waals surface area contributed by atoms with Gasteiger partial charge in [-0.2, -0.15) is 0 Å². The Labute approximate surface area is 134 Å². The van der Waals surface area contributed by atoms with Gasteiger partial charge in [-0.25, -0.2) is 9.97 Å². The van der Waals surface area contributed by atoms with Gasteiger partial charge < -0.3 is 10.2 Å². The van der Waals surface area contributed by atoms with E-state index in [9.17, 15) is 0 Å². The monoisotopic (exact) mass is 354 g/mol. The van der Waals surface area contributed by atoms with Crippen LogP contribution in [-0.2, 0) is 0 Å². The number of fused-ring (bicyclic) bond motifs is 1. The van der Waals surface area contributed by atoms with Gasteiger partial charge in [0.15, 0.2) is 12.2 Å². The number of nitrogens with two attached hydrogens (primary N) is 1. The second-order valence-electron chi connectivity index (χ2n) is 4.85. The minimum atomic E-state index is 0.447. The van der Waals surface area contributed by atoms with Gasteiger partial charge in [-0.15, -0.1) is 0 Å². The fourth-order valence-corrected chi connectivity index (χ4v) is 2.84. The van der Waals surface area contributed by atoms with Gasteiger partial charge in [0.1, 0.15) is 0 Å². The van der Waals surface area contributed by atoms with E-state index >= 15 is 0 Å². The molecule has 0 aliphatic rings. The lowest BCUT2D eigenvalue weighted by Gasteiger charge is -2.08. The molecule has 0 saturated heterocycles. The van der Waals surface area contributed by atoms with Crippen LogP contribution in [0.15, 0.2) is 63.9 Å². The zero-order valence-electron chi connectivity index (χ0n) is 11.4. The third-order valence-corrected chi connectivity index (χ3v) is 3.96. The number of nitrogen functional groups attached to an aromatic ring is 1. The molecular weight excluding hydrogens is 344 g/mol. The van der Waals surface area contributed by atoms with Crippen molar-refractivity contribution < 1.29 is 4.42 Å². The molecular formula is C16H11BrN4O. The standard InChI is InChI=1S/C16H11BrN4O/c17-11-4-5-13-14(7-11)21(16(18)20-13)12-3-1-2-10(6-12)15-8-19-9-22-15/h1-9H,(H2,18,20). The molecule has 5 nitrogen and oxygen atoms in total. The maximum atomic E-state index is 6.10. The fraction of sp³-hybridized carbons (Fsp3) is 0. The summed E-state index contributed by atoms with van der Waals surface area (Å²) in [5.74, 6) is 1.16. The SMILES string of the molecule is Nc1nc2ccc(Br)cc2n1-c1cccc(-c2cnco2)c1. The van der Waals surface area contributed by atoms with Gasteiger partial charge in [-0.1, -0.05) is 28.1 Å². The Kier molecular flexibility index (Phi) is 2.97. The highest BCUT2D eigenvalue weighted by Gasteiger charge is 2.11. The summed E-state index contributed by atoms with van der Waals surface area (Å²) in [6.45, 7) is 0. The number of oxazole rings is 1. The summed E-state index contributed by atoms with van der Waals surface area (Å²) >= 11 is 3.49. The van der Waals surface area contributed by atoms with Crippen LogP contribution in [0, 0.1) is 0 Å². The maximum Gasteiger partial charge on any atom is 0.205 e. The van der Waals surface area contributed by atoms with Gasteiger partial charge in [0.05, 0.1) is 17.2 Å². The molecule has 6 heteroatoms. The summed E-state index contributed by atoms with van der Waals surface area (Å²) in [5, 5.41) is 0. The lowest BCUT2D eigenvalue weighted by molar-refractivity contribution is 0.572. The van der Waals surface area contributed by atoms with E-state index in [0.717, 1.165) is 26.8 Å². The van der Waals surface area contributed by atoms with Crippen molar-refractivity contribution in [3.8, 4) is 17.0 Å². The first-order valence-electron chi connectivity index (χ1n) is 6.65. The quantitative estimate of drug-likeness (QED) is 0.590. The first-order valence-corrected chi connectivity index (χ1v) is 7.44. The van der Waals surface area contributed by atoms with E-state index in [2.05, 4.69) is 25.9 Å². The van der Waals surface area contributed by atoms with Crippen LogP contribution in [0.5, 0.6) is 0 Å². The number of anilines is 1. The Hall–Kier alpha value is -2.60. The molecule has 2 heterocycles. The molecule has 0 atom stereocenters. The molecule has 0 amide bonds. The molecule has 0 aliphatic carbocycles. The second kappa shape index (κ2) is 4.99. The fourth-order valence-electron chi connectivity index (χ4n) is 2.50. The Morgan fingerprint density at radius 3 is 2.86 bits per heavy atom. The number of imidazole rings is 1. The highest BCUT2D eigenvalue weighted by atomic mass is 79.9. The molecule has 0 fully saturated rings. The third kappa shape index (κ3) is 2.08. The summed E-state index contributed by atoms with van der Waals surface area (Å²) in [7, 11) is 0. The third-order valence-electron chi connectivity index (χ3n) is 3.46. The summed E-state index contributed by atoms with van der Waals surface area (Å²) in [6, 6.07) is 13.8. The molecule has 2 N–H and O–H groups in total. The van der Waals surface area contributed by atoms with E-state index in [1.165, 1.54) is 6.39 Å². The van der Waals surface area contributed by atoms with Crippen LogP contribution in [0.4, 0.5) is 5.95 Å². The largest absolute Gasteiger partial charge is 0.444 e. The van der Waals surface area contributed by atoms with Crippen molar-refractivity contribution in [2.24, 2.45) is 0 Å². The molecule has 0 bridgehead atoms. The number of aromatic nitrogens is 3. The van der Waals surface area contributed by atoms with Crippen molar-refractivity contribution in [3.05, 3.63) is 59.5 Å². The zero-order valence-corrected chi connectivity index (χ0v) is 13.0. The van der Waals surface area contributed by atoms with Crippen molar-refractivity contribution in [3.63, 3.8) is 0 Å².